The van der Waals surface area contributed by atoms with Crippen molar-refractivity contribution in [1.82, 2.24) is 4.98 Å². The molecular formula is C25H31NO5. The number of carbonyl (C=O) groups is 3. The zero-order valence-electron chi connectivity index (χ0n) is 18.6. The minimum absolute atomic E-state index is 0.0384. The first-order valence-electron chi connectivity index (χ1n) is 10.8. The number of allylic oxidation sites excluding steroid dienone is 4. The molecule has 0 atom stereocenters. The Morgan fingerprint density at radius 2 is 1.87 bits per heavy atom. The molecule has 0 amide bonds. The molecule has 1 N–H and O–H groups in total. The van der Waals surface area contributed by atoms with Gasteiger partial charge in [-0.3, -0.25) is 14.6 Å². The van der Waals surface area contributed by atoms with Gasteiger partial charge in [0, 0.05) is 34.7 Å². The highest BCUT2D eigenvalue weighted by atomic mass is 16.5. The SMILES string of the molecule is CCCCOC1=C(C)C(=O)C(C)=C(/C=C(\CCCCCc2cccnc2)C(=O)O)C1=O. The van der Waals surface area contributed by atoms with Crippen LogP contribution in [0.2, 0.25) is 0 Å². The molecule has 6 nitrogen and oxygen atoms in total. The Labute approximate surface area is 183 Å². The number of carboxylic acids is 1. The number of hydrogen-bond acceptors (Lipinski definition) is 5. The number of aromatic nitrogens is 1. The standard InChI is InChI=1S/C25H31NO5/c1-4-5-14-31-24-18(3)22(27)17(2)21(23(24)28)15-20(25(29)30)12-8-6-7-10-19-11-9-13-26-16-19/h9,11,13,15-16H,4-8,10,12,14H2,1-3H3,(H,29,30)/b20-15+. The van der Waals surface area contributed by atoms with Gasteiger partial charge in [0.2, 0.25) is 5.78 Å². The lowest BCUT2D eigenvalue weighted by molar-refractivity contribution is -0.132. The van der Waals surface area contributed by atoms with E-state index < -0.39 is 11.8 Å². The number of aryl methyl sites for hydroxylation is 1. The molecule has 0 saturated carbocycles. The van der Waals surface area contributed by atoms with Crippen LogP contribution in [0.5, 0.6) is 0 Å². The van der Waals surface area contributed by atoms with Crippen molar-refractivity contribution in [2.45, 2.75) is 65.7 Å². The minimum atomic E-state index is -1.08. The van der Waals surface area contributed by atoms with E-state index in [2.05, 4.69) is 4.98 Å². The summed E-state index contributed by atoms with van der Waals surface area (Å²) in [6, 6.07) is 3.92. The van der Waals surface area contributed by atoms with Crippen LogP contribution in [0.3, 0.4) is 0 Å². The number of nitrogens with zero attached hydrogens (tertiary/aromatic N) is 1. The van der Waals surface area contributed by atoms with Crippen molar-refractivity contribution in [2.75, 3.05) is 6.61 Å². The summed E-state index contributed by atoms with van der Waals surface area (Å²) in [5, 5.41) is 9.63. The Morgan fingerprint density at radius 1 is 1.10 bits per heavy atom. The maximum Gasteiger partial charge on any atom is 0.331 e. The number of unbranched alkanes of at least 4 members (excludes halogenated alkanes) is 3. The summed E-state index contributed by atoms with van der Waals surface area (Å²) in [5.41, 5.74) is 1.95. The van der Waals surface area contributed by atoms with Gasteiger partial charge >= 0.3 is 5.97 Å². The van der Waals surface area contributed by atoms with Crippen LogP contribution in [0.25, 0.3) is 0 Å². The second kappa shape index (κ2) is 12.0. The van der Waals surface area contributed by atoms with Crippen molar-refractivity contribution in [3.05, 3.63) is 64.2 Å². The van der Waals surface area contributed by atoms with Crippen LogP contribution >= 0.6 is 0 Å². The quantitative estimate of drug-likeness (QED) is 0.295. The summed E-state index contributed by atoms with van der Waals surface area (Å²) in [7, 11) is 0. The van der Waals surface area contributed by atoms with Crippen LogP contribution < -0.4 is 0 Å². The molecule has 1 aromatic heterocycles. The molecule has 2 rings (SSSR count). The van der Waals surface area contributed by atoms with Gasteiger partial charge < -0.3 is 9.84 Å². The molecule has 0 bridgehead atoms. The smallest absolute Gasteiger partial charge is 0.331 e. The molecule has 1 aliphatic rings. The van der Waals surface area contributed by atoms with Gasteiger partial charge in [0.25, 0.3) is 0 Å². The molecule has 0 fully saturated rings. The summed E-state index contributed by atoms with van der Waals surface area (Å²) >= 11 is 0. The number of rotatable bonds is 12. The highest BCUT2D eigenvalue weighted by Gasteiger charge is 2.31. The zero-order valence-corrected chi connectivity index (χ0v) is 18.6. The van der Waals surface area contributed by atoms with E-state index in [1.807, 2.05) is 25.3 Å². The van der Waals surface area contributed by atoms with E-state index in [-0.39, 0.29) is 33.8 Å². The molecular weight excluding hydrogens is 394 g/mol. The van der Waals surface area contributed by atoms with E-state index in [0.29, 0.717) is 19.4 Å². The van der Waals surface area contributed by atoms with Crippen LogP contribution in [0, 0.1) is 0 Å². The molecule has 0 aliphatic heterocycles. The third-order valence-electron chi connectivity index (χ3n) is 5.35. The summed E-state index contributed by atoms with van der Waals surface area (Å²) < 4.78 is 5.59. The number of carboxylic acid groups (broad SMARTS) is 1. The van der Waals surface area contributed by atoms with Crippen molar-refractivity contribution in [1.29, 1.82) is 0 Å². The molecule has 1 aliphatic carbocycles. The molecule has 1 heterocycles. The number of Topliss-reactive ketones (excluding diaryl/α,β-unsaturated/α-hetero) is 2. The fourth-order valence-corrected chi connectivity index (χ4v) is 3.42. The number of hydrogen-bond donors (Lipinski definition) is 1. The van der Waals surface area contributed by atoms with E-state index in [0.717, 1.165) is 37.7 Å². The van der Waals surface area contributed by atoms with Crippen molar-refractivity contribution in [2.24, 2.45) is 0 Å². The van der Waals surface area contributed by atoms with Crippen molar-refractivity contribution >= 4 is 17.5 Å². The Morgan fingerprint density at radius 3 is 2.52 bits per heavy atom. The van der Waals surface area contributed by atoms with Gasteiger partial charge in [-0.2, -0.15) is 0 Å². The molecule has 6 heteroatoms. The zero-order chi connectivity index (χ0) is 22.8. The van der Waals surface area contributed by atoms with E-state index in [4.69, 9.17) is 4.74 Å². The Bertz CT molecular complexity index is 909. The molecule has 0 spiro atoms. The summed E-state index contributed by atoms with van der Waals surface area (Å²) in [6.07, 6.45) is 10.3. The fourth-order valence-electron chi connectivity index (χ4n) is 3.42. The number of ether oxygens (including phenoxy) is 1. The van der Waals surface area contributed by atoms with E-state index >= 15 is 0 Å². The molecule has 0 aromatic carbocycles. The third kappa shape index (κ3) is 6.74. The summed E-state index contributed by atoms with van der Waals surface area (Å²) in [6.45, 7) is 5.49. The maximum absolute atomic E-state index is 12.9. The van der Waals surface area contributed by atoms with Gasteiger partial charge in [-0.25, -0.2) is 4.79 Å². The van der Waals surface area contributed by atoms with Crippen molar-refractivity contribution in [3.8, 4) is 0 Å². The van der Waals surface area contributed by atoms with Crippen LogP contribution in [-0.4, -0.2) is 34.2 Å². The van der Waals surface area contributed by atoms with Gasteiger partial charge in [-0.05, 0) is 63.7 Å². The minimum Gasteiger partial charge on any atom is -0.489 e. The Hall–Kier alpha value is -3.02. The normalized spacial score (nSPS) is 15.0. The van der Waals surface area contributed by atoms with Crippen LogP contribution in [-0.2, 0) is 25.5 Å². The number of ketones is 2. The van der Waals surface area contributed by atoms with Gasteiger partial charge in [0.05, 0.1) is 6.61 Å². The first-order chi connectivity index (χ1) is 14.9. The maximum atomic E-state index is 12.9. The van der Waals surface area contributed by atoms with Crippen LogP contribution in [0.1, 0.15) is 64.9 Å². The lowest BCUT2D eigenvalue weighted by Gasteiger charge is -2.19. The van der Waals surface area contributed by atoms with Crippen molar-refractivity contribution in [3.63, 3.8) is 0 Å². The average molecular weight is 426 g/mol. The second-order valence-electron chi connectivity index (χ2n) is 7.75. The Kier molecular flexibility index (Phi) is 9.38. The van der Waals surface area contributed by atoms with Gasteiger partial charge in [-0.1, -0.05) is 25.8 Å². The van der Waals surface area contributed by atoms with Crippen molar-refractivity contribution < 1.29 is 24.2 Å². The van der Waals surface area contributed by atoms with E-state index in [9.17, 15) is 19.5 Å². The van der Waals surface area contributed by atoms with Crippen LogP contribution in [0.15, 0.2) is 58.7 Å². The average Bonchev–Trinajstić information content (AvgIpc) is 2.76. The highest BCUT2D eigenvalue weighted by molar-refractivity contribution is 6.25. The number of aliphatic carboxylic acids is 1. The first-order valence-corrected chi connectivity index (χ1v) is 10.8. The monoisotopic (exact) mass is 425 g/mol. The van der Waals surface area contributed by atoms with Gasteiger partial charge in [-0.15, -0.1) is 0 Å². The predicted octanol–water partition coefficient (Wildman–Crippen LogP) is 4.75. The number of pyridine rings is 1. The topological polar surface area (TPSA) is 93.6 Å². The summed E-state index contributed by atoms with van der Waals surface area (Å²) in [5.74, 6) is -1.73. The van der Waals surface area contributed by atoms with Crippen LogP contribution in [0.4, 0.5) is 0 Å². The van der Waals surface area contributed by atoms with E-state index in [1.165, 1.54) is 6.08 Å². The summed E-state index contributed by atoms with van der Waals surface area (Å²) in [4.78, 5) is 41.4. The molecule has 31 heavy (non-hydrogen) atoms. The number of carbonyl (C=O) groups excluding carboxylic acids is 2. The van der Waals surface area contributed by atoms with Gasteiger partial charge in [0.1, 0.15) is 0 Å². The molecule has 166 valence electrons. The Balaban J connectivity index is 2.06. The molecule has 0 radical (unpaired) electrons. The lowest BCUT2D eigenvalue weighted by Crippen LogP contribution is -2.23. The highest BCUT2D eigenvalue weighted by Crippen LogP contribution is 2.28. The van der Waals surface area contributed by atoms with Gasteiger partial charge in [0.15, 0.2) is 11.5 Å². The second-order valence-corrected chi connectivity index (χ2v) is 7.75. The van der Waals surface area contributed by atoms with E-state index in [1.54, 1.807) is 20.0 Å². The molecule has 0 unspecified atom stereocenters. The third-order valence-corrected chi connectivity index (χ3v) is 5.35. The lowest BCUT2D eigenvalue weighted by atomic mass is 9.88. The predicted molar refractivity (Wildman–Crippen MR) is 118 cm³/mol. The fraction of sp³-hybridized carbons (Fsp3) is 0.440. The molecule has 1 aromatic rings. The molecule has 0 saturated heterocycles. The first kappa shape index (κ1) is 24.3. The largest absolute Gasteiger partial charge is 0.489 e.